The summed E-state index contributed by atoms with van der Waals surface area (Å²) in [5.74, 6) is 0.949. The minimum absolute atomic E-state index is 0.00957. The monoisotopic (exact) mass is 346 g/mol. The van der Waals surface area contributed by atoms with Crippen LogP contribution in [0.15, 0.2) is 42.6 Å². The third-order valence-electron chi connectivity index (χ3n) is 5.03. The minimum Gasteiger partial charge on any atom is -0.341 e. The van der Waals surface area contributed by atoms with Crippen molar-refractivity contribution in [3.63, 3.8) is 0 Å². The van der Waals surface area contributed by atoms with E-state index in [1.807, 2.05) is 30.3 Å². The predicted octanol–water partition coefficient (Wildman–Crippen LogP) is 3.52. The molecule has 0 spiro atoms. The topological polar surface area (TPSA) is 64.3 Å². The van der Waals surface area contributed by atoms with Gasteiger partial charge in [0.15, 0.2) is 0 Å². The van der Waals surface area contributed by atoms with E-state index in [4.69, 9.17) is 17.3 Å². The number of benzene rings is 1. The highest BCUT2D eigenvalue weighted by Crippen LogP contribution is 2.31. The Balaban J connectivity index is 1.81. The van der Waals surface area contributed by atoms with Gasteiger partial charge < -0.3 is 15.2 Å². The molecule has 26 heavy (non-hydrogen) atoms. The van der Waals surface area contributed by atoms with Gasteiger partial charge in [0.2, 0.25) is 11.6 Å². The smallest absolute Gasteiger partial charge is 0.207 e. The molecular formula is C20H22N6. The molecule has 2 aromatic heterocycles. The maximum atomic E-state index is 7.11. The number of fused-ring (bicyclic) bond motifs is 1. The standard InChI is InChI=1S/C20H22N6/c1-14(17-10-9-16(22-2)12-23-17)26-19-8-4-3-7-18(19)24-20(26)25-11-5-6-15(21)13-25/h3-4,7-10,12,14-15H,5-6,11,13,21H2,1H3/t14-,15-/m0/s1. The second-order valence-electron chi connectivity index (χ2n) is 6.85. The molecule has 4 rings (SSSR count). The van der Waals surface area contributed by atoms with Crippen LogP contribution in [-0.2, 0) is 0 Å². The summed E-state index contributed by atoms with van der Waals surface area (Å²) in [4.78, 5) is 15.1. The summed E-state index contributed by atoms with van der Waals surface area (Å²) in [5.41, 5.74) is 9.75. The Labute approximate surface area is 153 Å². The van der Waals surface area contributed by atoms with Crippen molar-refractivity contribution in [1.82, 2.24) is 14.5 Å². The first kappa shape index (κ1) is 16.6. The summed E-state index contributed by atoms with van der Waals surface area (Å²) in [7, 11) is 0. The number of pyridine rings is 1. The van der Waals surface area contributed by atoms with Crippen LogP contribution in [0.5, 0.6) is 0 Å². The van der Waals surface area contributed by atoms with Gasteiger partial charge >= 0.3 is 0 Å². The van der Waals surface area contributed by atoms with Crippen LogP contribution in [0.1, 0.15) is 31.5 Å². The van der Waals surface area contributed by atoms with Crippen molar-refractivity contribution in [2.24, 2.45) is 5.73 Å². The lowest BCUT2D eigenvalue weighted by Crippen LogP contribution is -2.44. The molecule has 2 atom stereocenters. The SMILES string of the molecule is [C-]#[N+]c1ccc([C@H](C)n2c(N3CCC[C@H](N)C3)nc3ccccc32)nc1. The number of nitrogens with two attached hydrogens (primary N) is 1. The largest absolute Gasteiger partial charge is 0.341 e. The van der Waals surface area contributed by atoms with Crippen molar-refractivity contribution in [2.45, 2.75) is 31.8 Å². The second-order valence-corrected chi connectivity index (χ2v) is 6.85. The predicted molar refractivity (Wildman–Crippen MR) is 103 cm³/mol. The summed E-state index contributed by atoms with van der Waals surface area (Å²) in [6.45, 7) is 11.0. The Kier molecular flexibility index (Phi) is 4.31. The zero-order chi connectivity index (χ0) is 18.1. The molecule has 1 aliphatic heterocycles. The molecule has 3 aromatic rings. The number of rotatable bonds is 3. The normalized spacial score (nSPS) is 18.7. The summed E-state index contributed by atoms with van der Waals surface area (Å²) in [6, 6.07) is 12.1. The van der Waals surface area contributed by atoms with Crippen LogP contribution in [0.3, 0.4) is 0 Å². The molecule has 2 N–H and O–H groups in total. The zero-order valence-electron chi connectivity index (χ0n) is 14.8. The van der Waals surface area contributed by atoms with Crippen molar-refractivity contribution >= 4 is 22.7 Å². The van der Waals surface area contributed by atoms with E-state index >= 15 is 0 Å². The Morgan fingerprint density at radius 3 is 2.85 bits per heavy atom. The van der Waals surface area contributed by atoms with Gasteiger partial charge in [0, 0.05) is 25.3 Å². The van der Waals surface area contributed by atoms with Gasteiger partial charge in [-0.1, -0.05) is 18.2 Å². The van der Waals surface area contributed by atoms with Gasteiger partial charge in [-0.25, -0.2) is 9.83 Å². The fourth-order valence-corrected chi connectivity index (χ4v) is 3.67. The van der Waals surface area contributed by atoms with E-state index in [1.165, 1.54) is 0 Å². The van der Waals surface area contributed by atoms with E-state index in [1.54, 1.807) is 6.20 Å². The number of imidazole rings is 1. The van der Waals surface area contributed by atoms with Gasteiger partial charge in [-0.3, -0.25) is 4.98 Å². The van der Waals surface area contributed by atoms with Crippen molar-refractivity contribution in [1.29, 1.82) is 0 Å². The van der Waals surface area contributed by atoms with E-state index < -0.39 is 0 Å². The molecule has 1 aromatic carbocycles. The molecule has 6 nitrogen and oxygen atoms in total. The first-order valence-electron chi connectivity index (χ1n) is 8.98. The number of anilines is 1. The van der Waals surface area contributed by atoms with Crippen LogP contribution < -0.4 is 10.6 Å². The van der Waals surface area contributed by atoms with Gasteiger partial charge in [0.1, 0.15) is 0 Å². The third kappa shape index (κ3) is 2.91. The van der Waals surface area contributed by atoms with Crippen LogP contribution in [0, 0.1) is 6.57 Å². The van der Waals surface area contributed by atoms with Crippen LogP contribution in [0.2, 0.25) is 0 Å². The van der Waals surface area contributed by atoms with Crippen molar-refractivity contribution in [2.75, 3.05) is 18.0 Å². The number of aromatic nitrogens is 3. The van der Waals surface area contributed by atoms with Gasteiger partial charge in [-0.2, -0.15) is 0 Å². The van der Waals surface area contributed by atoms with Crippen LogP contribution in [-0.4, -0.2) is 33.7 Å². The fraction of sp³-hybridized carbons (Fsp3) is 0.350. The van der Waals surface area contributed by atoms with Crippen molar-refractivity contribution in [3.05, 3.63) is 59.7 Å². The average Bonchev–Trinajstić information content (AvgIpc) is 3.07. The molecule has 1 aliphatic rings. The molecule has 1 saturated heterocycles. The molecule has 0 bridgehead atoms. The highest BCUT2D eigenvalue weighted by Gasteiger charge is 2.25. The van der Waals surface area contributed by atoms with Crippen molar-refractivity contribution in [3.8, 4) is 0 Å². The van der Waals surface area contributed by atoms with E-state index in [0.29, 0.717) is 5.69 Å². The second kappa shape index (κ2) is 6.77. The molecule has 0 radical (unpaired) electrons. The number of nitrogens with zero attached hydrogens (tertiary/aromatic N) is 5. The summed E-state index contributed by atoms with van der Waals surface area (Å²) in [6.07, 6.45) is 3.77. The van der Waals surface area contributed by atoms with E-state index in [9.17, 15) is 0 Å². The van der Waals surface area contributed by atoms with Gasteiger partial charge in [-0.05, 0) is 38.0 Å². The quantitative estimate of drug-likeness (QED) is 0.737. The summed E-state index contributed by atoms with van der Waals surface area (Å²) in [5, 5.41) is 0. The molecule has 0 amide bonds. The van der Waals surface area contributed by atoms with Crippen LogP contribution in [0.25, 0.3) is 15.9 Å². The highest BCUT2D eigenvalue weighted by atomic mass is 15.3. The molecular weight excluding hydrogens is 324 g/mol. The van der Waals surface area contributed by atoms with E-state index in [-0.39, 0.29) is 12.1 Å². The highest BCUT2D eigenvalue weighted by molar-refractivity contribution is 5.79. The number of para-hydroxylation sites is 2. The Bertz CT molecular complexity index is 953. The van der Waals surface area contributed by atoms with E-state index in [0.717, 1.165) is 48.6 Å². The fourth-order valence-electron chi connectivity index (χ4n) is 3.67. The molecule has 0 saturated carbocycles. The maximum absolute atomic E-state index is 7.11. The maximum Gasteiger partial charge on any atom is 0.207 e. The van der Waals surface area contributed by atoms with Crippen LogP contribution in [0.4, 0.5) is 11.6 Å². The first-order chi connectivity index (χ1) is 12.7. The molecule has 3 heterocycles. The first-order valence-corrected chi connectivity index (χ1v) is 8.98. The number of piperidine rings is 1. The van der Waals surface area contributed by atoms with Crippen molar-refractivity contribution < 1.29 is 0 Å². The Morgan fingerprint density at radius 1 is 1.27 bits per heavy atom. The average molecular weight is 346 g/mol. The lowest BCUT2D eigenvalue weighted by atomic mass is 10.1. The molecule has 0 aliphatic carbocycles. The number of hydrogen-bond acceptors (Lipinski definition) is 4. The molecule has 132 valence electrons. The summed E-state index contributed by atoms with van der Waals surface area (Å²) < 4.78 is 2.24. The lowest BCUT2D eigenvalue weighted by Gasteiger charge is -2.33. The van der Waals surface area contributed by atoms with Gasteiger partial charge in [-0.15, -0.1) is 0 Å². The lowest BCUT2D eigenvalue weighted by molar-refractivity contribution is 0.489. The van der Waals surface area contributed by atoms with E-state index in [2.05, 4.69) is 32.3 Å². The van der Waals surface area contributed by atoms with Gasteiger partial charge in [0.05, 0.1) is 29.3 Å². The minimum atomic E-state index is 0.00957. The Morgan fingerprint density at radius 2 is 2.12 bits per heavy atom. The molecule has 1 fully saturated rings. The number of hydrogen-bond donors (Lipinski definition) is 1. The van der Waals surface area contributed by atoms with Gasteiger partial charge in [0.25, 0.3) is 0 Å². The summed E-state index contributed by atoms with van der Waals surface area (Å²) >= 11 is 0. The third-order valence-corrected chi connectivity index (χ3v) is 5.03. The Hall–Kier alpha value is -2.91. The van der Waals surface area contributed by atoms with Crippen LogP contribution >= 0.6 is 0 Å². The molecule has 0 unspecified atom stereocenters. The zero-order valence-corrected chi connectivity index (χ0v) is 14.8. The molecule has 6 heteroatoms.